The van der Waals surface area contributed by atoms with E-state index in [-0.39, 0.29) is 11.4 Å². The molecule has 1 heterocycles. The van der Waals surface area contributed by atoms with Crippen molar-refractivity contribution in [2.75, 3.05) is 0 Å². The normalized spacial score (nSPS) is 11.2. The van der Waals surface area contributed by atoms with Crippen LogP contribution in [0.25, 0.3) is 0 Å². The molecule has 0 radical (unpaired) electrons. The van der Waals surface area contributed by atoms with Crippen molar-refractivity contribution in [2.45, 2.75) is 27.3 Å². The molecule has 0 fully saturated rings. The van der Waals surface area contributed by atoms with E-state index in [1.165, 1.54) is 24.4 Å². The molecule has 110 valence electrons. The molecule has 7 heteroatoms. The Hall–Kier alpha value is -2.70. The van der Waals surface area contributed by atoms with Gasteiger partial charge in [-0.3, -0.25) is 19.8 Å². The fourth-order valence-electron chi connectivity index (χ4n) is 2.08. The molecular formula is C14H16N4O3. The molecule has 2 aromatic rings. The van der Waals surface area contributed by atoms with Crippen LogP contribution in [0.15, 0.2) is 23.2 Å². The SMILES string of the molecule is CCn1nc(C)c(N=Cc2cc([N+](=O)[O-])ccc2O)c1C. The van der Waals surface area contributed by atoms with Crippen LogP contribution in [-0.2, 0) is 6.54 Å². The molecule has 0 saturated heterocycles. The molecule has 21 heavy (non-hydrogen) atoms. The lowest BCUT2D eigenvalue weighted by Crippen LogP contribution is -1.98. The van der Waals surface area contributed by atoms with Gasteiger partial charge in [-0.1, -0.05) is 0 Å². The Morgan fingerprint density at radius 1 is 1.48 bits per heavy atom. The van der Waals surface area contributed by atoms with Gasteiger partial charge in [-0.2, -0.15) is 5.10 Å². The minimum absolute atomic E-state index is 0.0532. The highest BCUT2D eigenvalue weighted by Gasteiger charge is 2.11. The van der Waals surface area contributed by atoms with Crippen molar-refractivity contribution in [3.63, 3.8) is 0 Å². The topological polar surface area (TPSA) is 93.5 Å². The van der Waals surface area contributed by atoms with Crippen molar-refractivity contribution in [3.05, 3.63) is 45.3 Å². The van der Waals surface area contributed by atoms with E-state index in [9.17, 15) is 15.2 Å². The molecule has 7 nitrogen and oxygen atoms in total. The van der Waals surface area contributed by atoms with E-state index in [0.29, 0.717) is 11.3 Å². The smallest absolute Gasteiger partial charge is 0.270 e. The molecule has 0 saturated carbocycles. The summed E-state index contributed by atoms with van der Waals surface area (Å²) in [6, 6.07) is 3.82. The molecule has 0 spiro atoms. The van der Waals surface area contributed by atoms with E-state index in [0.717, 1.165) is 17.9 Å². The van der Waals surface area contributed by atoms with Crippen molar-refractivity contribution in [1.82, 2.24) is 9.78 Å². The third-order valence-corrected chi connectivity index (χ3v) is 3.20. The Morgan fingerprint density at radius 2 is 2.19 bits per heavy atom. The highest BCUT2D eigenvalue weighted by Crippen LogP contribution is 2.25. The average molecular weight is 288 g/mol. The van der Waals surface area contributed by atoms with Crippen LogP contribution >= 0.6 is 0 Å². The monoisotopic (exact) mass is 288 g/mol. The fraction of sp³-hybridized carbons (Fsp3) is 0.286. The van der Waals surface area contributed by atoms with Crippen LogP contribution in [0.3, 0.4) is 0 Å². The lowest BCUT2D eigenvalue weighted by Gasteiger charge is -2.00. The van der Waals surface area contributed by atoms with Gasteiger partial charge in [-0.05, 0) is 26.8 Å². The van der Waals surface area contributed by atoms with Gasteiger partial charge in [0.25, 0.3) is 5.69 Å². The molecule has 0 unspecified atom stereocenters. The van der Waals surface area contributed by atoms with E-state index < -0.39 is 4.92 Å². The molecule has 1 N–H and O–H groups in total. The molecule has 0 aliphatic heterocycles. The number of benzene rings is 1. The van der Waals surface area contributed by atoms with E-state index in [4.69, 9.17) is 0 Å². The summed E-state index contributed by atoms with van der Waals surface area (Å²) in [6.45, 7) is 6.48. The first-order chi connectivity index (χ1) is 9.93. The minimum Gasteiger partial charge on any atom is -0.507 e. The third kappa shape index (κ3) is 2.91. The highest BCUT2D eigenvalue weighted by atomic mass is 16.6. The summed E-state index contributed by atoms with van der Waals surface area (Å²) in [5, 5.41) is 24.8. The summed E-state index contributed by atoms with van der Waals surface area (Å²) in [5.74, 6) is -0.0532. The number of aromatic nitrogens is 2. The van der Waals surface area contributed by atoms with Crippen molar-refractivity contribution >= 4 is 17.6 Å². The summed E-state index contributed by atoms with van der Waals surface area (Å²) in [6.07, 6.45) is 1.42. The molecular weight excluding hydrogens is 272 g/mol. The first kappa shape index (κ1) is 14.7. The summed E-state index contributed by atoms with van der Waals surface area (Å²) in [7, 11) is 0. The zero-order chi connectivity index (χ0) is 15.6. The number of hydrogen-bond donors (Lipinski definition) is 1. The molecule has 1 aromatic carbocycles. The maximum absolute atomic E-state index is 10.8. The van der Waals surface area contributed by atoms with E-state index in [1.807, 2.05) is 25.5 Å². The fourth-order valence-corrected chi connectivity index (χ4v) is 2.08. The maximum Gasteiger partial charge on any atom is 0.270 e. The lowest BCUT2D eigenvalue weighted by molar-refractivity contribution is -0.384. The van der Waals surface area contributed by atoms with Gasteiger partial charge in [0.15, 0.2) is 0 Å². The molecule has 0 amide bonds. The van der Waals surface area contributed by atoms with Crippen molar-refractivity contribution in [2.24, 2.45) is 4.99 Å². The van der Waals surface area contributed by atoms with Gasteiger partial charge in [0.05, 0.1) is 16.3 Å². The highest BCUT2D eigenvalue weighted by molar-refractivity contribution is 5.86. The summed E-state index contributed by atoms with van der Waals surface area (Å²) < 4.78 is 1.83. The Kier molecular flexibility index (Phi) is 4.02. The predicted molar refractivity (Wildman–Crippen MR) is 79.4 cm³/mol. The number of aryl methyl sites for hydroxylation is 2. The largest absolute Gasteiger partial charge is 0.507 e. The van der Waals surface area contributed by atoms with Crippen LogP contribution in [0.2, 0.25) is 0 Å². The van der Waals surface area contributed by atoms with Gasteiger partial charge in [0.1, 0.15) is 11.4 Å². The van der Waals surface area contributed by atoms with Crippen LogP contribution in [0.4, 0.5) is 11.4 Å². The quantitative estimate of drug-likeness (QED) is 0.531. The van der Waals surface area contributed by atoms with Crippen molar-refractivity contribution in [3.8, 4) is 5.75 Å². The Labute approximate surface area is 121 Å². The van der Waals surface area contributed by atoms with Crippen LogP contribution in [0.5, 0.6) is 5.75 Å². The van der Waals surface area contributed by atoms with Gasteiger partial charge >= 0.3 is 0 Å². The number of nitrogens with zero attached hydrogens (tertiary/aromatic N) is 4. The number of nitro groups is 1. The van der Waals surface area contributed by atoms with E-state index in [2.05, 4.69) is 10.1 Å². The molecule has 2 rings (SSSR count). The van der Waals surface area contributed by atoms with E-state index in [1.54, 1.807) is 0 Å². The number of aliphatic imine (C=N–C) groups is 1. The Balaban J connectivity index is 2.40. The number of rotatable bonds is 4. The Bertz CT molecular complexity index is 719. The predicted octanol–water partition coefficient (Wildman–Crippen LogP) is 2.88. The second kappa shape index (κ2) is 5.74. The first-order valence-electron chi connectivity index (χ1n) is 6.49. The van der Waals surface area contributed by atoms with Crippen LogP contribution in [0, 0.1) is 24.0 Å². The number of aromatic hydroxyl groups is 1. The zero-order valence-electron chi connectivity index (χ0n) is 12.1. The number of hydrogen-bond acceptors (Lipinski definition) is 5. The molecule has 0 atom stereocenters. The van der Waals surface area contributed by atoms with Crippen molar-refractivity contribution in [1.29, 1.82) is 0 Å². The number of phenols is 1. The number of nitro benzene ring substituents is 1. The molecule has 1 aromatic heterocycles. The first-order valence-corrected chi connectivity index (χ1v) is 6.49. The van der Waals surface area contributed by atoms with Crippen LogP contribution in [-0.4, -0.2) is 26.0 Å². The number of non-ortho nitro benzene ring substituents is 1. The molecule has 0 aliphatic rings. The van der Waals surface area contributed by atoms with Gasteiger partial charge in [0.2, 0.25) is 0 Å². The average Bonchev–Trinajstić information content (AvgIpc) is 2.72. The van der Waals surface area contributed by atoms with Gasteiger partial charge in [-0.15, -0.1) is 0 Å². The lowest BCUT2D eigenvalue weighted by atomic mass is 10.2. The maximum atomic E-state index is 10.8. The molecule has 0 bridgehead atoms. The second-order valence-corrected chi connectivity index (χ2v) is 4.59. The van der Waals surface area contributed by atoms with Crippen molar-refractivity contribution < 1.29 is 10.0 Å². The minimum atomic E-state index is -0.512. The summed E-state index contributed by atoms with van der Waals surface area (Å²) in [4.78, 5) is 14.6. The summed E-state index contributed by atoms with van der Waals surface area (Å²) >= 11 is 0. The molecule has 0 aliphatic carbocycles. The Morgan fingerprint density at radius 3 is 2.76 bits per heavy atom. The van der Waals surface area contributed by atoms with Crippen LogP contribution < -0.4 is 0 Å². The third-order valence-electron chi connectivity index (χ3n) is 3.20. The summed E-state index contributed by atoms with van der Waals surface area (Å²) in [5.41, 5.74) is 2.61. The standard InChI is InChI=1S/C14H16N4O3/c1-4-17-10(3)14(9(2)16-17)15-8-11-7-12(18(20)21)5-6-13(11)19/h5-8,19H,4H2,1-3H3. The second-order valence-electron chi connectivity index (χ2n) is 4.59. The van der Waals surface area contributed by atoms with Gasteiger partial charge in [0, 0.05) is 30.5 Å². The van der Waals surface area contributed by atoms with Crippen LogP contribution in [0.1, 0.15) is 23.9 Å². The van der Waals surface area contributed by atoms with Gasteiger partial charge < -0.3 is 5.11 Å². The van der Waals surface area contributed by atoms with E-state index >= 15 is 0 Å². The zero-order valence-corrected chi connectivity index (χ0v) is 12.1. The van der Waals surface area contributed by atoms with Gasteiger partial charge in [-0.25, -0.2) is 0 Å². The number of phenolic OH excluding ortho intramolecular Hbond substituents is 1.